The van der Waals surface area contributed by atoms with Crippen molar-refractivity contribution in [3.63, 3.8) is 0 Å². The molecule has 0 bridgehead atoms. The lowest BCUT2D eigenvalue weighted by molar-refractivity contribution is -0.125. The summed E-state index contributed by atoms with van der Waals surface area (Å²) in [6, 6.07) is 21.1. The van der Waals surface area contributed by atoms with Gasteiger partial charge in [0.1, 0.15) is 0 Å². The SMILES string of the molecule is N#C[C@@H]1C(=O)NC(NC(=O)c2ccccc2)=NC12CCN(Cc1ccccc1)CC2. The van der Waals surface area contributed by atoms with Crippen LogP contribution in [0, 0.1) is 17.2 Å². The predicted molar refractivity (Wildman–Crippen MR) is 112 cm³/mol. The highest BCUT2D eigenvalue weighted by Gasteiger charge is 2.48. The average Bonchev–Trinajstić information content (AvgIpc) is 2.77. The lowest BCUT2D eigenvalue weighted by Gasteiger charge is -2.43. The monoisotopic (exact) mass is 401 g/mol. The lowest BCUT2D eigenvalue weighted by Crippen LogP contribution is -2.60. The topological polar surface area (TPSA) is 97.6 Å². The van der Waals surface area contributed by atoms with Gasteiger partial charge in [0.25, 0.3) is 5.91 Å². The zero-order valence-corrected chi connectivity index (χ0v) is 16.5. The fraction of sp³-hybridized carbons (Fsp3) is 0.304. The molecule has 2 aliphatic rings. The Morgan fingerprint density at radius 3 is 2.40 bits per heavy atom. The lowest BCUT2D eigenvalue weighted by atomic mass is 9.76. The highest BCUT2D eigenvalue weighted by Crippen LogP contribution is 2.36. The Kier molecular flexibility index (Phi) is 5.59. The maximum absolute atomic E-state index is 12.6. The number of nitrogens with one attached hydrogen (secondary N) is 2. The third-order valence-electron chi connectivity index (χ3n) is 5.74. The molecule has 0 aliphatic carbocycles. The van der Waals surface area contributed by atoms with Gasteiger partial charge in [0.2, 0.25) is 11.9 Å². The largest absolute Gasteiger partial charge is 0.299 e. The van der Waals surface area contributed by atoms with E-state index < -0.39 is 17.4 Å². The van der Waals surface area contributed by atoms with Crippen molar-refractivity contribution in [3.05, 3.63) is 71.8 Å². The molecule has 1 saturated heterocycles. The van der Waals surface area contributed by atoms with Crippen molar-refractivity contribution in [2.75, 3.05) is 13.1 Å². The highest BCUT2D eigenvalue weighted by molar-refractivity contribution is 6.11. The van der Waals surface area contributed by atoms with Crippen molar-refractivity contribution in [1.29, 1.82) is 5.26 Å². The van der Waals surface area contributed by atoms with Crippen LogP contribution < -0.4 is 10.6 Å². The minimum Gasteiger partial charge on any atom is -0.299 e. The molecule has 7 heteroatoms. The third kappa shape index (κ3) is 4.09. The Labute approximate surface area is 175 Å². The second-order valence-electron chi connectivity index (χ2n) is 7.70. The maximum Gasteiger partial charge on any atom is 0.257 e. The van der Waals surface area contributed by atoms with Crippen LogP contribution in [-0.2, 0) is 11.3 Å². The van der Waals surface area contributed by atoms with Crippen LogP contribution in [0.3, 0.4) is 0 Å². The Morgan fingerprint density at radius 2 is 1.77 bits per heavy atom. The number of nitriles is 1. The molecule has 2 N–H and O–H groups in total. The van der Waals surface area contributed by atoms with E-state index in [2.05, 4.69) is 38.7 Å². The number of aliphatic imine (C=N–C) groups is 1. The molecule has 1 atom stereocenters. The number of piperidine rings is 1. The number of amides is 2. The summed E-state index contributed by atoms with van der Waals surface area (Å²) in [5, 5.41) is 14.9. The molecule has 4 rings (SSSR count). The van der Waals surface area contributed by atoms with Gasteiger partial charge in [-0.2, -0.15) is 5.26 Å². The van der Waals surface area contributed by atoms with Crippen LogP contribution in [0.2, 0.25) is 0 Å². The summed E-state index contributed by atoms with van der Waals surface area (Å²) in [6.45, 7) is 2.27. The van der Waals surface area contributed by atoms with E-state index in [-0.39, 0.29) is 11.9 Å². The number of rotatable bonds is 3. The van der Waals surface area contributed by atoms with Gasteiger partial charge in [-0.1, -0.05) is 48.5 Å². The Hall–Kier alpha value is -3.50. The summed E-state index contributed by atoms with van der Waals surface area (Å²) in [5.41, 5.74) is 0.887. The van der Waals surface area contributed by atoms with Gasteiger partial charge in [-0.15, -0.1) is 0 Å². The molecule has 1 fully saturated rings. The van der Waals surface area contributed by atoms with Gasteiger partial charge in [0, 0.05) is 25.2 Å². The van der Waals surface area contributed by atoms with E-state index in [4.69, 9.17) is 0 Å². The minimum atomic E-state index is -0.867. The Bertz CT molecular complexity index is 989. The van der Waals surface area contributed by atoms with Crippen molar-refractivity contribution in [2.24, 2.45) is 10.9 Å². The van der Waals surface area contributed by atoms with Crippen LogP contribution in [0.15, 0.2) is 65.7 Å². The average molecular weight is 401 g/mol. The minimum absolute atomic E-state index is 0.122. The number of guanidine groups is 1. The molecule has 2 aromatic rings. The maximum atomic E-state index is 12.6. The molecule has 0 unspecified atom stereocenters. The van der Waals surface area contributed by atoms with Crippen LogP contribution in [0.25, 0.3) is 0 Å². The molecule has 0 saturated carbocycles. The smallest absolute Gasteiger partial charge is 0.257 e. The van der Waals surface area contributed by atoms with Crippen molar-refractivity contribution < 1.29 is 9.59 Å². The molecule has 0 radical (unpaired) electrons. The number of carbonyl (C=O) groups excluding carboxylic acids is 2. The summed E-state index contributed by atoms with van der Waals surface area (Å²) in [4.78, 5) is 32.1. The molecule has 7 nitrogen and oxygen atoms in total. The number of nitrogens with zero attached hydrogens (tertiary/aromatic N) is 3. The molecule has 2 aliphatic heterocycles. The summed E-state index contributed by atoms with van der Waals surface area (Å²) in [5.74, 6) is -1.50. The second-order valence-corrected chi connectivity index (χ2v) is 7.70. The van der Waals surface area contributed by atoms with Crippen molar-refractivity contribution in [1.82, 2.24) is 15.5 Å². The van der Waals surface area contributed by atoms with Crippen molar-refractivity contribution >= 4 is 17.8 Å². The first-order valence-corrected chi connectivity index (χ1v) is 10.0. The van der Waals surface area contributed by atoms with Gasteiger partial charge in [0.15, 0.2) is 5.92 Å². The third-order valence-corrected chi connectivity index (χ3v) is 5.74. The number of carbonyl (C=O) groups is 2. The van der Waals surface area contributed by atoms with Crippen LogP contribution in [0.5, 0.6) is 0 Å². The van der Waals surface area contributed by atoms with Crippen LogP contribution >= 0.6 is 0 Å². The zero-order valence-electron chi connectivity index (χ0n) is 16.5. The quantitative estimate of drug-likeness (QED) is 0.823. The summed E-state index contributed by atoms with van der Waals surface area (Å²) < 4.78 is 0. The van der Waals surface area contributed by atoms with Gasteiger partial charge in [0.05, 0.1) is 11.6 Å². The van der Waals surface area contributed by atoms with Gasteiger partial charge >= 0.3 is 0 Å². The Balaban J connectivity index is 1.50. The summed E-state index contributed by atoms with van der Waals surface area (Å²) >= 11 is 0. The van der Waals surface area contributed by atoms with E-state index >= 15 is 0 Å². The second kappa shape index (κ2) is 8.47. The number of hydrogen-bond donors (Lipinski definition) is 2. The van der Waals surface area contributed by atoms with Gasteiger partial charge in [-0.05, 0) is 30.5 Å². The van der Waals surface area contributed by atoms with Gasteiger partial charge in [-0.25, -0.2) is 4.99 Å². The molecule has 30 heavy (non-hydrogen) atoms. The fourth-order valence-corrected chi connectivity index (χ4v) is 4.10. The van der Waals surface area contributed by atoms with E-state index in [1.54, 1.807) is 24.3 Å². The predicted octanol–water partition coefficient (Wildman–Crippen LogP) is 2.08. The Morgan fingerprint density at radius 1 is 1.13 bits per heavy atom. The molecule has 2 aromatic carbocycles. The molecule has 2 heterocycles. The van der Waals surface area contributed by atoms with E-state index in [1.807, 2.05) is 24.3 Å². The number of benzene rings is 2. The molecular formula is C23H23N5O2. The van der Waals surface area contributed by atoms with Crippen LogP contribution in [0.4, 0.5) is 0 Å². The molecule has 2 amide bonds. The number of hydrogen-bond acceptors (Lipinski definition) is 5. The zero-order chi connectivity index (χ0) is 21.0. The van der Waals surface area contributed by atoms with E-state index in [1.165, 1.54) is 5.56 Å². The fourth-order valence-electron chi connectivity index (χ4n) is 4.10. The van der Waals surface area contributed by atoms with Crippen LogP contribution in [0.1, 0.15) is 28.8 Å². The van der Waals surface area contributed by atoms with Gasteiger partial charge in [-0.3, -0.25) is 25.1 Å². The molecular weight excluding hydrogens is 378 g/mol. The van der Waals surface area contributed by atoms with Crippen molar-refractivity contribution in [3.8, 4) is 6.07 Å². The first kappa shape index (κ1) is 19.8. The highest BCUT2D eigenvalue weighted by atomic mass is 16.2. The molecule has 152 valence electrons. The van der Waals surface area contributed by atoms with E-state index in [9.17, 15) is 14.9 Å². The summed E-state index contributed by atoms with van der Waals surface area (Å²) in [7, 11) is 0. The molecule has 1 spiro atoms. The summed E-state index contributed by atoms with van der Waals surface area (Å²) in [6.07, 6.45) is 1.16. The molecule has 0 aromatic heterocycles. The first-order valence-electron chi connectivity index (χ1n) is 10.0. The van der Waals surface area contributed by atoms with Crippen molar-refractivity contribution in [2.45, 2.75) is 24.9 Å². The van der Waals surface area contributed by atoms with Crippen LogP contribution in [-0.4, -0.2) is 41.3 Å². The standard InChI is InChI=1S/C23H23N5O2/c24-15-19-21(30)26-22(25-20(29)18-9-5-2-6-10-18)27-23(19)11-13-28(14-12-23)16-17-7-3-1-4-8-17/h1-10,19H,11-14,16H2,(H2,25,26,27,29,30)/t19-/m1/s1. The van der Waals surface area contributed by atoms with E-state index in [0.717, 1.165) is 19.6 Å². The van der Waals surface area contributed by atoms with E-state index in [0.29, 0.717) is 18.4 Å². The first-order chi connectivity index (χ1) is 14.6. The number of likely N-dealkylation sites (tertiary alicyclic amines) is 1. The normalized spacial score (nSPS) is 20.7. The van der Waals surface area contributed by atoms with Gasteiger partial charge < -0.3 is 0 Å².